The maximum atomic E-state index is 6.02. The van der Waals surface area contributed by atoms with Crippen molar-refractivity contribution in [1.29, 1.82) is 0 Å². The molecule has 0 aliphatic carbocycles. The van der Waals surface area contributed by atoms with Crippen molar-refractivity contribution in [2.45, 2.75) is 6.54 Å². The fourth-order valence-electron chi connectivity index (χ4n) is 1.25. The van der Waals surface area contributed by atoms with Crippen LogP contribution in [0.5, 0.6) is 11.5 Å². The third kappa shape index (κ3) is 2.99. The number of ether oxygens (including phenoxy) is 2. The molecule has 4 nitrogen and oxygen atoms in total. The number of benzene rings is 1. The molecule has 0 aliphatic rings. The van der Waals surface area contributed by atoms with E-state index >= 15 is 0 Å². The molecule has 84 valence electrons. The zero-order valence-corrected chi connectivity index (χ0v) is 9.72. The third-order valence-corrected chi connectivity index (χ3v) is 2.22. The van der Waals surface area contributed by atoms with Crippen LogP contribution in [0.15, 0.2) is 12.1 Å². The van der Waals surface area contributed by atoms with Crippen LogP contribution in [-0.2, 0) is 11.4 Å². The van der Waals surface area contributed by atoms with Gasteiger partial charge in [0.2, 0.25) is 0 Å². The zero-order chi connectivity index (χ0) is 11.3. The van der Waals surface area contributed by atoms with Gasteiger partial charge in [0.25, 0.3) is 0 Å². The predicted molar refractivity (Wildman–Crippen MR) is 58.4 cm³/mol. The first-order valence-corrected chi connectivity index (χ1v) is 4.77. The molecule has 1 rings (SSSR count). The summed E-state index contributed by atoms with van der Waals surface area (Å²) in [6, 6.07) is 3.55. The fourth-order valence-corrected chi connectivity index (χ4v) is 1.56. The number of hydroxylamine groups is 1. The van der Waals surface area contributed by atoms with E-state index in [9.17, 15) is 0 Å². The molecular formula is C10H14ClNO3. The summed E-state index contributed by atoms with van der Waals surface area (Å²) in [5, 5.41) is 0.518. The average molecular weight is 232 g/mol. The fraction of sp³-hybridized carbons (Fsp3) is 0.400. The van der Waals surface area contributed by atoms with Gasteiger partial charge in [-0.15, -0.1) is 0 Å². The Bertz CT molecular complexity index is 331. The van der Waals surface area contributed by atoms with Gasteiger partial charge in [-0.2, -0.15) is 5.48 Å². The normalized spacial score (nSPS) is 10.1. The van der Waals surface area contributed by atoms with E-state index in [1.165, 1.54) is 0 Å². The molecule has 0 heterocycles. The van der Waals surface area contributed by atoms with E-state index in [1.54, 1.807) is 27.4 Å². The molecule has 1 aromatic rings. The number of hydrogen-bond donors (Lipinski definition) is 1. The lowest BCUT2D eigenvalue weighted by molar-refractivity contribution is 0.0861. The van der Waals surface area contributed by atoms with Crippen molar-refractivity contribution < 1.29 is 14.3 Å². The van der Waals surface area contributed by atoms with Crippen LogP contribution < -0.4 is 15.0 Å². The number of methoxy groups -OCH3 is 2. The van der Waals surface area contributed by atoms with E-state index in [0.717, 1.165) is 5.56 Å². The molecule has 0 amide bonds. The van der Waals surface area contributed by atoms with E-state index in [2.05, 4.69) is 5.48 Å². The summed E-state index contributed by atoms with van der Waals surface area (Å²) in [4.78, 5) is 4.77. The van der Waals surface area contributed by atoms with Crippen molar-refractivity contribution in [3.05, 3.63) is 22.7 Å². The van der Waals surface area contributed by atoms with Crippen LogP contribution in [0.25, 0.3) is 0 Å². The highest BCUT2D eigenvalue weighted by atomic mass is 35.5. The van der Waals surface area contributed by atoms with E-state index in [0.29, 0.717) is 23.1 Å². The molecule has 1 N–H and O–H groups in total. The summed E-state index contributed by atoms with van der Waals surface area (Å²) in [6.45, 7) is 0.497. The molecule has 0 atom stereocenters. The maximum absolute atomic E-state index is 6.02. The second-order valence-electron chi connectivity index (χ2n) is 2.83. The predicted octanol–water partition coefficient (Wildman–Crippen LogP) is 2.01. The Morgan fingerprint density at radius 1 is 1.20 bits per heavy atom. The molecule has 0 saturated carbocycles. The van der Waals surface area contributed by atoms with Crippen LogP contribution in [-0.4, -0.2) is 21.3 Å². The Kier molecular flexibility index (Phi) is 4.68. The van der Waals surface area contributed by atoms with Crippen LogP contribution >= 0.6 is 11.6 Å². The minimum Gasteiger partial charge on any atom is -0.497 e. The molecule has 0 saturated heterocycles. The molecule has 15 heavy (non-hydrogen) atoms. The van der Waals surface area contributed by atoms with Crippen molar-refractivity contribution in [3.63, 3.8) is 0 Å². The van der Waals surface area contributed by atoms with Crippen molar-refractivity contribution in [1.82, 2.24) is 5.48 Å². The molecule has 0 bridgehead atoms. The molecule has 5 heteroatoms. The first kappa shape index (κ1) is 12.1. The molecule has 0 aliphatic heterocycles. The van der Waals surface area contributed by atoms with Gasteiger partial charge in [-0.1, -0.05) is 11.6 Å². The molecule has 0 unspecified atom stereocenters. The standard InChI is InChI=1S/C10H14ClNO3/c1-13-8-4-7(6-12-15-3)10(14-2)9(11)5-8/h4-5,12H,6H2,1-3H3. The summed E-state index contributed by atoms with van der Waals surface area (Å²) >= 11 is 6.02. The Morgan fingerprint density at radius 2 is 1.93 bits per heavy atom. The summed E-state index contributed by atoms with van der Waals surface area (Å²) in [5.74, 6) is 1.32. The highest BCUT2D eigenvalue weighted by Gasteiger charge is 2.10. The minimum atomic E-state index is 0.497. The van der Waals surface area contributed by atoms with Gasteiger partial charge in [0.15, 0.2) is 0 Å². The Balaban J connectivity index is 3.02. The van der Waals surface area contributed by atoms with Gasteiger partial charge in [0, 0.05) is 18.2 Å². The van der Waals surface area contributed by atoms with Crippen LogP contribution in [0.1, 0.15) is 5.56 Å². The highest BCUT2D eigenvalue weighted by molar-refractivity contribution is 6.32. The van der Waals surface area contributed by atoms with Crippen LogP contribution in [0.3, 0.4) is 0 Å². The van der Waals surface area contributed by atoms with Crippen molar-refractivity contribution in [3.8, 4) is 11.5 Å². The van der Waals surface area contributed by atoms with Gasteiger partial charge in [-0.25, -0.2) is 0 Å². The van der Waals surface area contributed by atoms with E-state index < -0.39 is 0 Å². The number of rotatable bonds is 5. The molecule has 0 radical (unpaired) electrons. The zero-order valence-electron chi connectivity index (χ0n) is 8.96. The lowest BCUT2D eigenvalue weighted by atomic mass is 10.2. The van der Waals surface area contributed by atoms with E-state index in [-0.39, 0.29) is 0 Å². The lowest BCUT2D eigenvalue weighted by Crippen LogP contribution is -2.11. The monoisotopic (exact) mass is 231 g/mol. The molecule has 1 aromatic carbocycles. The second kappa shape index (κ2) is 5.80. The smallest absolute Gasteiger partial charge is 0.142 e. The Morgan fingerprint density at radius 3 is 2.47 bits per heavy atom. The van der Waals surface area contributed by atoms with Crippen LogP contribution in [0.4, 0.5) is 0 Å². The van der Waals surface area contributed by atoms with Gasteiger partial charge in [0.05, 0.1) is 26.4 Å². The topological polar surface area (TPSA) is 39.7 Å². The average Bonchev–Trinajstić information content (AvgIpc) is 2.25. The first-order valence-electron chi connectivity index (χ1n) is 4.39. The van der Waals surface area contributed by atoms with E-state index in [4.69, 9.17) is 25.9 Å². The van der Waals surface area contributed by atoms with Gasteiger partial charge in [0.1, 0.15) is 11.5 Å². The van der Waals surface area contributed by atoms with Gasteiger partial charge >= 0.3 is 0 Å². The molecular weight excluding hydrogens is 218 g/mol. The van der Waals surface area contributed by atoms with Gasteiger partial charge in [-0.05, 0) is 6.07 Å². The first-order chi connectivity index (χ1) is 7.22. The largest absolute Gasteiger partial charge is 0.497 e. The van der Waals surface area contributed by atoms with Gasteiger partial charge in [-0.3, -0.25) is 0 Å². The number of nitrogens with one attached hydrogen (secondary N) is 1. The summed E-state index contributed by atoms with van der Waals surface area (Å²) < 4.78 is 10.3. The van der Waals surface area contributed by atoms with Crippen molar-refractivity contribution in [2.24, 2.45) is 0 Å². The highest BCUT2D eigenvalue weighted by Crippen LogP contribution is 2.33. The van der Waals surface area contributed by atoms with Crippen molar-refractivity contribution >= 4 is 11.6 Å². The van der Waals surface area contributed by atoms with Crippen LogP contribution in [0.2, 0.25) is 5.02 Å². The lowest BCUT2D eigenvalue weighted by Gasteiger charge is -2.12. The summed E-state index contributed by atoms with van der Waals surface area (Å²) in [7, 11) is 4.71. The second-order valence-corrected chi connectivity index (χ2v) is 3.23. The SMILES string of the molecule is CONCc1cc(OC)cc(Cl)c1OC. The quantitative estimate of drug-likeness (QED) is 0.787. The summed E-state index contributed by atoms with van der Waals surface area (Å²) in [5.41, 5.74) is 3.60. The summed E-state index contributed by atoms with van der Waals surface area (Å²) in [6.07, 6.45) is 0. The number of hydrogen-bond acceptors (Lipinski definition) is 4. The molecule has 0 aromatic heterocycles. The molecule has 0 fully saturated rings. The van der Waals surface area contributed by atoms with Crippen molar-refractivity contribution in [2.75, 3.05) is 21.3 Å². The maximum Gasteiger partial charge on any atom is 0.142 e. The Hall–Kier alpha value is -0.970. The third-order valence-electron chi connectivity index (χ3n) is 1.94. The Labute approximate surface area is 94.0 Å². The molecule has 0 spiro atoms. The number of halogens is 1. The minimum absolute atomic E-state index is 0.497. The van der Waals surface area contributed by atoms with E-state index in [1.807, 2.05) is 6.07 Å². The van der Waals surface area contributed by atoms with Gasteiger partial charge < -0.3 is 14.3 Å². The van der Waals surface area contributed by atoms with Crippen LogP contribution in [0, 0.1) is 0 Å².